The van der Waals surface area contributed by atoms with Crippen molar-refractivity contribution in [2.24, 2.45) is 5.73 Å². The molecule has 1 atom stereocenters. The average molecular weight is 229 g/mol. The van der Waals surface area contributed by atoms with E-state index in [2.05, 4.69) is 0 Å². The molecule has 0 aliphatic carbocycles. The van der Waals surface area contributed by atoms with Crippen molar-refractivity contribution in [1.29, 1.82) is 0 Å². The number of benzene rings is 1. The molecule has 0 aromatic heterocycles. The molecule has 0 amide bonds. The molecule has 0 saturated carbocycles. The van der Waals surface area contributed by atoms with Crippen LogP contribution in [-0.2, 0) is 4.79 Å². The van der Waals surface area contributed by atoms with Crippen LogP contribution in [0.3, 0.4) is 0 Å². The molecule has 1 aromatic carbocycles. The second kappa shape index (κ2) is 4.80. The maximum Gasteiger partial charge on any atom is 0.320 e. The van der Waals surface area contributed by atoms with Crippen molar-refractivity contribution in [2.75, 3.05) is 0 Å². The standard InChI is InChI=1S/C10H9F2NO3/c11-5-1-2-6(7(12)3-5)9(14)4-8(13)10(15)16/h1-3,8H,4,13H2,(H,15,16)/t8-/m0/s1. The number of hydrogen-bond donors (Lipinski definition) is 2. The number of halogens is 2. The highest BCUT2D eigenvalue weighted by molar-refractivity contribution is 5.98. The van der Waals surface area contributed by atoms with Gasteiger partial charge >= 0.3 is 5.97 Å². The number of aliphatic carboxylic acids is 1. The van der Waals surface area contributed by atoms with Gasteiger partial charge in [0, 0.05) is 12.5 Å². The SMILES string of the molecule is N[C@@H](CC(=O)c1ccc(F)cc1F)C(=O)O. The quantitative estimate of drug-likeness (QED) is 0.753. The van der Waals surface area contributed by atoms with Crippen molar-refractivity contribution in [1.82, 2.24) is 0 Å². The minimum Gasteiger partial charge on any atom is -0.480 e. The fraction of sp³-hybridized carbons (Fsp3) is 0.200. The van der Waals surface area contributed by atoms with Crippen LogP contribution in [0.4, 0.5) is 8.78 Å². The molecule has 0 saturated heterocycles. The van der Waals surface area contributed by atoms with E-state index in [1.54, 1.807) is 0 Å². The van der Waals surface area contributed by atoms with Crippen LogP contribution >= 0.6 is 0 Å². The minimum absolute atomic E-state index is 0.363. The second-order valence-electron chi connectivity index (χ2n) is 3.20. The maximum atomic E-state index is 13.1. The summed E-state index contributed by atoms with van der Waals surface area (Å²) in [6.45, 7) is 0. The summed E-state index contributed by atoms with van der Waals surface area (Å²) in [6.07, 6.45) is -0.530. The molecule has 86 valence electrons. The van der Waals surface area contributed by atoms with Crippen LogP contribution in [0, 0.1) is 11.6 Å². The summed E-state index contributed by atoms with van der Waals surface area (Å²) in [4.78, 5) is 21.8. The molecule has 3 N–H and O–H groups in total. The van der Waals surface area contributed by atoms with Gasteiger partial charge in [-0.2, -0.15) is 0 Å². The Bertz CT molecular complexity index is 434. The van der Waals surface area contributed by atoms with Crippen molar-refractivity contribution < 1.29 is 23.5 Å². The third kappa shape index (κ3) is 2.83. The Morgan fingerprint density at radius 1 is 1.38 bits per heavy atom. The molecule has 16 heavy (non-hydrogen) atoms. The molecular formula is C10H9F2NO3. The van der Waals surface area contributed by atoms with Gasteiger partial charge in [0.25, 0.3) is 0 Å². The third-order valence-corrected chi connectivity index (χ3v) is 1.95. The summed E-state index contributed by atoms with van der Waals surface area (Å²) in [7, 11) is 0. The lowest BCUT2D eigenvalue weighted by atomic mass is 10.0. The van der Waals surface area contributed by atoms with E-state index in [0.717, 1.165) is 12.1 Å². The van der Waals surface area contributed by atoms with Crippen LogP contribution < -0.4 is 5.73 Å². The van der Waals surface area contributed by atoms with Gasteiger partial charge in [0.15, 0.2) is 5.78 Å². The second-order valence-corrected chi connectivity index (χ2v) is 3.20. The lowest BCUT2D eigenvalue weighted by Crippen LogP contribution is -2.32. The molecule has 1 rings (SSSR count). The van der Waals surface area contributed by atoms with E-state index in [4.69, 9.17) is 10.8 Å². The summed E-state index contributed by atoms with van der Waals surface area (Å²) in [6, 6.07) is 1.04. The Morgan fingerprint density at radius 2 is 2.00 bits per heavy atom. The molecule has 0 aliphatic heterocycles. The first-order valence-corrected chi connectivity index (χ1v) is 4.38. The highest BCUT2D eigenvalue weighted by Crippen LogP contribution is 2.12. The van der Waals surface area contributed by atoms with Gasteiger partial charge in [0.05, 0.1) is 5.56 Å². The number of carboxylic acids is 1. The van der Waals surface area contributed by atoms with Gasteiger partial charge in [-0.15, -0.1) is 0 Å². The molecule has 0 aliphatic rings. The van der Waals surface area contributed by atoms with Crippen molar-refractivity contribution in [3.63, 3.8) is 0 Å². The number of rotatable bonds is 4. The van der Waals surface area contributed by atoms with Crippen molar-refractivity contribution in [3.05, 3.63) is 35.4 Å². The van der Waals surface area contributed by atoms with Crippen molar-refractivity contribution >= 4 is 11.8 Å². The van der Waals surface area contributed by atoms with E-state index < -0.39 is 35.8 Å². The fourth-order valence-electron chi connectivity index (χ4n) is 1.11. The first-order valence-electron chi connectivity index (χ1n) is 4.38. The van der Waals surface area contributed by atoms with Gasteiger partial charge in [0.2, 0.25) is 0 Å². The van der Waals surface area contributed by atoms with Gasteiger partial charge in [0.1, 0.15) is 17.7 Å². The average Bonchev–Trinajstić information content (AvgIpc) is 2.16. The molecular weight excluding hydrogens is 220 g/mol. The zero-order valence-corrected chi connectivity index (χ0v) is 8.11. The van der Waals surface area contributed by atoms with Gasteiger partial charge in [-0.3, -0.25) is 9.59 Å². The van der Waals surface area contributed by atoms with E-state index in [0.29, 0.717) is 6.07 Å². The Hall–Kier alpha value is -1.82. The van der Waals surface area contributed by atoms with E-state index in [1.165, 1.54) is 0 Å². The summed E-state index contributed by atoms with van der Waals surface area (Å²) < 4.78 is 25.6. The Kier molecular flexibility index (Phi) is 3.68. The normalized spacial score (nSPS) is 12.2. The van der Waals surface area contributed by atoms with Crippen molar-refractivity contribution in [2.45, 2.75) is 12.5 Å². The van der Waals surface area contributed by atoms with Crippen LogP contribution in [0.25, 0.3) is 0 Å². The monoisotopic (exact) mass is 229 g/mol. The van der Waals surface area contributed by atoms with Crippen LogP contribution in [0.2, 0.25) is 0 Å². The molecule has 0 fully saturated rings. The Morgan fingerprint density at radius 3 is 2.50 bits per heavy atom. The third-order valence-electron chi connectivity index (χ3n) is 1.95. The molecule has 0 radical (unpaired) electrons. The largest absolute Gasteiger partial charge is 0.480 e. The predicted octanol–water partition coefficient (Wildman–Crippen LogP) is 0.950. The van der Waals surface area contributed by atoms with Gasteiger partial charge in [-0.05, 0) is 12.1 Å². The van der Waals surface area contributed by atoms with E-state index in [1.807, 2.05) is 0 Å². The summed E-state index contributed by atoms with van der Waals surface area (Å²) in [5, 5.41) is 8.46. The minimum atomic E-state index is -1.39. The zero-order valence-electron chi connectivity index (χ0n) is 8.11. The number of carboxylic acid groups (broad SMARTS) is 1. The number of ketones is 1. The fourth-order valence-corrected chi connectivity index (χ4v) is 1.11. The van der Waals surface area contributed by atoms with Gasteiger partial charge in [-0.25, -0.2) is 8.78 Å². The van der Waals surface area contributed by atoms with Gasteiger partial charge in [-0.1, -0.05) is 0 Å². The maximum absolute atomic E-state index is 13.1. The first-order chi connectivity index (χ1) is 7.41. The van der Waals surface area contributed by atoms with E-state index in [9.17, 15) is 18.4 Å². The predicted molar refractivity (Wildman–Crippen MR) is 50.9 cm³/mol. The molecule has 0 heterocycles. The summed E-state index contributed by atoms with van der Waals surface area (Å²) in [5.41, 5.74) is 4.75. The van der Waals surface area contributed by atoms with Crippen molar-refractivity contribution in [3.8, 4) is 0 Å². The van der Waals surface area contributed by atoms with Crippen LogP contribution in [0.5, 0.6) is 0 Å². The number of carbonyl (C=O) groups is 2. The number of carbonyl (C=O) groups excluding carboxylic acids is 1. The Labute approximate surface area is 89.7 Å². The number of hydrogen-bond acceptors (Lipinski definition) is 3. The summed E-state index contributed by atoms with van der Waals surface area (Å²) >= 11 is 0. The Balaban J connectivity index is 2.85. The van der Waals surface area contributed by atoms with E-state index >= 15 is 0 Å². The molecule has 0 bridgehead atoms. The topological polar surface area (TPSA) is 80.4 Å². The lowest BCUT2D eigenvalue weighted by Gasteiger charge is -2.06. The van der Waals surface area contributed by atoms with Crippen LogP contribution in [0.15, 0.2) is 18.2 Å². The van der Waals surface area contributed by atoms with Crippen LogP contribution in [0.1, 0.15) is 16.8 Å². The van der Waals surface area contributed by atoms with Gasteiger partial charge < -0.3 is 10.8 Å². The number of nitrogens with two attached hydrogens (primary N) is 1. The molecule has 4 nitrogen and oxygen atoms in total. The first kappa shape index (κ1) is 12.3. The smallest absolute Gasteiger partial charge is 0.320 e. The lowest BCUT2D eigenvalue weighted by molar-refractivity contribution is -0.138. The highest BCUT2D eigenvalue weighted by atomic mass is 19.1. The zero-order chi connectivity index (χ0) is 12.3. The summed E-state index contributed by atoms with van der Waals surface area (Å²) in [5.74, 6) is -3.96. The highest BCUT2D eigenvalue weighted by Gasteiger charge is 2.19. The molecule has 6 heteroatoms. The molecule has 0 unspecified atom stereocenters. The molecule has 0 spiro atoms. The molecule has 1 aromatic rings. The van der Waals surface area contributed by atoms with Crippen LogP contribution in [-0.4, -0.2) is 22.9 Å². The number of Topliss-reactive ketones (excluding diaryl/α,β-unsaturated/α-hetero) is 1. The van der Waals surface area contributed by atoms with E-state index in [-0.39, 0.29) is 5.56 Å².